The molecule has 0 aliphatic carbocycles. The minimum Gasteiger partial charge on any atom is -0.459 e. The van der Waals surface area contributed by atoms with Gasteiger partial charge in [0.05, 0.1) is 19.1 Å². The highest BCUT2D eigenvalue weighted by molar-refractivity contribution is 5.75. The largest absolute Gasteiger partial charge is 0.459 e. The van der Waals surface area contributed by atoms with Crippen LogP contribution >= 0.6 is 0 Å². The van der Waals surface area contributed by atoms with Crippen LogP contribution in [0.25, 0.3) is 0 Å². The molecule has 1 aromatic carbocycles. The van der Waals surface area contributed by atoms with Gasteiger partial charge in [-0.1, -0.05) is 30.3 Å². The molecule has 0 unspecified atom stereocenters. The molecule has 1 heterocycles. The maximum atomic E-state index is 10.6. The molecule has 0 aromatic heterocycles. The van der Waals surface area contributed by atoms with Crippen LogP contribution in [0.1, 0.15) is 18.9 Å². The summed E-state index contributed by atoms with van der Waals surface area (Å²) in [6.07, 6.45) is 0.403. The minimum atomic E-state index is -0.129. The second-order valence-electron chi connectivity index (χ2n) is 3.73. The molecule has 0 spiro atoms. The van der Waals surface area contributed by atoms with Crippen molar-refractivity contribution in [1.82, 2.24) is 0 Å². The third-order valence-corrected chi connectivity index (χ3v) is 2.53. The predicted molar refractivity (Wildman–Crippen MR) is 55.2 cm³/mol. The van der Waals surface area contributed by atoms with Crippen LogP contribution in [0, 0.1) is 0 Å². The van der Waals surface area contributed by atoms with Crippen molar-refractivity contribution in [2.24, 2.45) is 0 Å². The third kappa shape index (κ3) is 2.57. The normalized spacial score (nSPS) is 21.7. The molecular weight excluding hydrogens is 192 g/mol. The number of hydrogen-bond acceptors (Lipinski definition) is 3. The van der Waals surface area contributed by atoms with E-state index in [4.69, 9.17) is 9.47 Å². The van der Waals surface area contributed by atoms with Gasteiger partial charge in [-0.25, -0.2) is 0 Å². The molecule has 0 bridgehead atoms. The first-order chi connectivity index (χ1) is 7.25. The molecule has 1 aliphatic rings. The van der Waals surface area contributed by atoms with Crippen molar-refractivity contribution >= 4 is 5.97 Å². The van der Waals surface area contributed by atoms with Crippen LogP contribution in [0.5, 0.6) is 0 Å². The van der Waals surface area contributed by atoms with E-state index in [-0.39, 0.29) is 18.2 Å². The van der Waals surface area contributed by atoms with E-state index in [9.17, 15) is 4.79 Å². The van der Waals surface area contributed by atoms with Crippen molar-refractivity contribution in [2.75, 3.05) is 0 Å². The van der Waals surface area contributed by atoms with Crippen LogP contribution in [0.3, 0.4) is 0 Å². The highest BCUT2D eigenvalue weighted by atomic mass is 16.6. The average molecular weight is 206 g/mol. The van der Waals surface area contributed by atoms with Gasteiger partial charge >= 0.3 is 5.97 Å². The van der Waals surface area contributed by atoms with Crippen LogP contribution in [0.15, 0.2) is 30.3 Å². The Balaban J connectivity index is 1.76. The van der Waals surface area contributed by atoms with Gasteiger partial charge in [0.1, 0.15) is 6.10 Å². The number of cyclic esters (lactones) is 1. The highest BCUT2D eigenvalue weighted by Gasteiger charge is 2.33. The van der Waals surface area contributed by atoms with Crippen molar-refractivity contribution < 1.29 is 14.3 Å². The Morgan fingerprint density at radius 2 is 2.13 bits per heavy atom. The molecule has 0 amide bonds. The molecule has 1 saturated heterocycles. The molecule has 3 heteroatoms. The van der Waals surface area contributed by atoms with Crippen molar-refractivity contribution in [2.45, 2.75) is 32.2 Å². The summed E-state index contributed by atoms with van der Waals surface area (Å²) in [5.74, 6) is -0.129. The first kappa shape index (κ1) is 10.2. The van der Waals surface area contributed by atoms with Crippen molar-refractivity contribution in [3.63, 3.8) is 0 Å². The summed E-state index contributed by atoms with van der Waals surface area (Å²) in [5.41, 5.74) is 1.13. The van der Waals surface area contributed by atoms with Gasteiger partial charge in [0, 0.05) is 0 Å². The highest BCUT2D eigenvalue weighted by Crippen LogP contribution is 2.19. The number of carbonyl (C=O) groups excluding carboxylic acids is 1. The maximum Gasteiger partial charge on any atom is 0.310 e. The Labute approximate surface area is 89.0 Å². The van der Waals surface area contributed by atoms with Crippen LogP contribution in [0.2, 0.25) is 0 Å². The molecule has 1 aliphatic heterocycles. The molecular formula is C12H14O3. The van der Waals surface area contributed by atoms with E-state index in [0.29, 0.717) is 13.0 Å². The Morgan fingerprint density at radius 1 is 1.47 bits per heavy atom. The Morgan fingerprint density at radius 3 is 2.73 bits per heavy atom. The number of esters is 1. The summed E-state index contributed by atoms with van der Waals surface area (Å²) >= 11 is 0. The lowest BCUT2D eigenvalue weighted by Gasteiger charge is -2.30. The monoisotopic (exact) mass is 206 g/mol. The molecule has 1 aromatic rings. The fourth-order valence-electron chi connectivity index (χ4n) is 1.49. The minimum absolute atomic E-state index is 0.0251. The second kappa shape index (κ2) is 4.45. The maximum absolute atomic E-state index is 10.6. The van der Waals surface area contributed by atoms with E-state index in [0.717, 1.165) is 5.56 Å². The molecule has 2 rings (SSSR count). The summed E-state index contributed by atoms with van der Waals surface area (Å²) in [6.45, 7) is 2.50. The zero-order chi connectivity index (χ0) is 10.7. The van der Waals surface area contributed by atoms with Crippen molar-refractivity contribution in [3.8, 4) is 0 Å². The zero-order valence-corrected chi connectivity index (χ0v) is 8.68. The van der Waals surface area contributed by atoms with Crippen molar-refractivity contribution in [3.05, 3.63) is 35.9 Å². The number of hydrogen-bond donors (Lipinski definition) is 0. The predicted octanol–water partition coefficient (Wildman–Crippen LogP) is 1.91. The molecule has 0 N–H and O–H groups in total. The summed E-state index contributed by atoms with van der Waals surface area (Å²) in [5, 5.41) is 0. The topological polar surface area (TPSA) is 35.5 Å². The Bertz CT molecular complexity index is 326. The summed E-state index contributed by atoms with van der Waals surface area (Å²) in [7, 11) is 0. The Hall–Kier alpha value is -1.35. The number of ether oxygens (including phenoxy) is 2. The summed E-state index contributed by atoms with van der Waals surface area (Å²) in [6, 6.07) is 9.96. The molecule has 1 fully saturated rings. The average Bonchev–Trinajstić information content (AvgIpc) is 2.23. The first-order valence-corrected chi connectivity index (χ1v) is 5.11. The lowest BCUT2D eigenvalue weighted by Crippen LogP contribution is -2.41. The summed E-state index contributed by atoms with van der Waals surface area (Å²) in [4.78, 5) is 10.6. The third-order valence-electron chi connectivity index (χ3n) is 2.53. The number of carbonyl (C=O) groups is 1. The first-order valence-electron chi connectivity index (χ1n) is 5.11. The summed E-state index contributed by atoms with van der Waals surface area (Å²) < 4.78 is 10.5. The molecule has 3 nitrogen and oxygen atoms in total. The SMILES string of the molecule is C[C@H](OCc1ccccc1)[C@H]1CC(=O)O1. The van der Waals surface area contributed by atoms with Gasteiger partial charge in [-0.3, -0.25) is 4.79 Å². The van der Waals surface area contributed by atoms with Gasteiger partial charge in [-0.05, 0) is 12.5 Å². The van der Waals surface area contributed by atoms with E-state index in [2.05, 4.69) is 0 Å². The molecule has 15 heavy (non-hydrogen) atoms. The van der Waals surface area contributed by atoms with Gasteiger partial charge in [-0.15, -0.1) is 0 Å². The van der Waals surface area contributed by atoms with Gasteiger partial charge in [-0.2, -0.15) is 0 Å². The van der Waals surface area contributed by atoms with Crippen molar-refractivity contribution in [1.29, 1.82) is 0 Å². The smallest absolute Gasteiger partial charge is 0.310 e. The van der Waals surface area contributed by atoms with E-state index < -0.39 is 0 Å². The fraction of sp³-hybridized carbons (Fsp3) is 0.417. The van der Waals surface area contributed by atoms with Gasteiger partial charge in [0.25, 0.3) is 0 Å². The lowest BCUT2D eigenvalue weighted by molar-refractivity contribution is -0.183. The van der Waals surface area contributed by atoms with E-state index >= 15 is 0 Å². The standard InChI is InChI=1S/C12H14O3/c1-9(11-7-12(13)15-11)14-8-10-5-3-2-4-6-10/h2-6,9,11H,7-8H2,1H3/t9-,11+/m0/s1. The zero-order valence-electron chi connectivity index (χ0n) is 8.68. The quantitative estimate of drug-likeness (QED) is 0.706. The molecule has 0 radical (unpaired) electrons. The molecule has 0 saturated carbocycles. The van der Waals surface area contributed by atoms with E-state index in [1.165, 1.54) is 0 Å². The number of benzene rings is 1. The van der Waals surface area contributed by atoms with Crippen LogP contribution in [0.4, 0.5) is 0 Å². The van der Waals surface area contributed by atoms with E-state index in [1.807, 2.05) is 37.3 Å². The number of rotatable bonds is 4. The van der Waals surface area contributed by atoms with E-state index in [1.54, 1.807) is 0 Å². The fourth-order valence-corrected chi connectivity index (χ4v) is 1.49. The second-order valence-corrected chi connectivity index (χ2v) is 3.73. The van der Waals surface area contributed by atoms with Gasteiger partial charge in [0.15, 0.2) is 0 Å². The Kier molecular flexibility index (Phi) is 3.02. The van der Waals surface area contributed by atoms with Crippen LogP contribution in [-0.2, 0) is 20.9 Å². The van der Waals surface area contributed by atoms with Crippen LogP contribution < -0.4 is 0 Å². The van der Waals surface area contributed by atoms with Gasteiger partial charge in [0.2, 0.25) is 0 Å². The molecule has 2 atom stereocenters. The lowest BCUT2D eigenvalue weighted by atomic mass is 10.1. The van der Waals surface area contributed by atoms with Gasteiger partial charge < -0.3 is 9.47 Å². The van der Waals surface area contributed by atoms with Crippen LogP contribution in [-0.4, -0.2) is 18.2 Å². The molecule has 80 valence electrons.